The molecule has 0 spiro atoms. The van der Waals surface area contributed by atoms with Gasteiger partial charge >= 0.3 is 12.1 Å². The van der Waals surface area contributed by atoms with Gasteiger partial charge in [-0.2, -0.15) is 10.2 Å². The molecule has 0 radical (unpaired) electrons. The third kappa shape index (κ3) is 14.7. The molecule has 2 aromatic carbocycles. The van der Waals surface area contributed by atoms with Crippen molar-refractivity contribution in [3.63, 3.8) is 0 Å². The lowest BCUT2D eigenvalue weighted by atomic mass is 10.0. The topological polar surface area (TPSA) is 327 Å². The fourth-order valence-corrected chi connectivity index (χ4v) is 6.48. The Morgan fingerprint density at radius 1 is 0.828 bits per heavy atom. The number of nitrogens with zero attached hydrogens (tertiary/aromatic N) is 5. The molecule has 2 saturated heterocycles. The summed E-state index contributed by atoms with van der Waals surface area (Å²) in [6.07, 6.45) is 1.79. The van der Waals surface area contributed by atoms with E-state index in [9.17, 15) is 33.9 Å². The zero-order valence-corrected chi connectivity index (χ0v) is 32.8. The normalized spacial score (nSPS) is 17.0. The highest BCUT2D eigenvalue weighted by molar-refractivity contribution is 5.95. The number of carbonyl (C=O) groups is 6. The molecule has 2 aromatic rings. The Kier molecular flexibility index (Phi) is 19.7. The number of aliphatic carboxylic acids is 1. The zero-order chi connectivity index (χ0) is 40.6. The minimum Gasteiger partial charge on any atom is -0.480 e. The van der Waals surface area contributed by atoms with Crippen LogP contribution in [0.25, 0.3) is 0 Å². The van der Waals surface area contributed by atoms with E-state index in [4.69, 9.17) is 16.2 Å². The molecule has 0 unspecified atom stereocenters. The highest BCUT2D eigenvalue weighted by Crippen LogP contribution is 2.22. The molecule has 2 heterocycles. The second-order valence-electron chi connectivity index (χ2n) is 14.1. The van der Waals surface area contributed by atoms with Gasteiger partial charge in [-0.15, -0.1) is 0 Å². The molecule has 58 heavy (non-hydrogen) atoms. The van der Waals surface area contributed by atoms with Crippen LogP contribution in [0.1, 0.15) is 64.4 Å². The van der Waals surface area contributed by atoms with Crippen molar-refractivity contribution in [2.45, 2.75) is 89.6 Å². The number of carboxylic acids is 1. The van der Waals surface area contributed by atoms with Gasteiger partial charge in [-0.3, -0.25) is 29.1 Å². The van der Waals surface area contributed by atoms with Gasteiger partial charge in [-0.25, -0.2) is 9.59 Å². The Labute approximate surface area is 336 Å². The Morgan fingerprint density at radius 3 is 1.98 bits per heavy atom. The van der Waals surface area contributed by atoms with Gasteiger partial charge in [0.15, 0.2) is 5.96 Å². The maximum Gasteiger partial charge on any atom is 0.410 e. The molecule has 2 fully saturated rings. The second kappa shape index (κ2) is 23.8. The molecule has 20 nitrogen and oxygen atoms in total. The van der Waals surface area contributed by atoms with E-state index in [-0.39, 0.29) is 55.4 Å². The molecule has 0 aliphatic carbocycles. The van der Waals surface area contributed by atoms with Gasteiger partial charge in [0.2, 0.25) is 23.6 Å². The van der Waals surface area contributed by atoms with Gasteiger partial charge in [0.1, 0.15) is 30.8 Å². The summed E-state index contributed by atoms with van der Waals surface area (Å²) < 4.78 is 5.54. The van der Waals surface area contributed by atoms with Gasteiger partial charge in [-0.05, 0) is 80.7 Å². The molecule has 4 rings (SSSR count). The van der Waals surface area contributed by atoms with Crippen LogP contribution in [-0.4, -0.2) is 118 Å². The maximum absolute atomic E-state index is 13.5. The number of carbonyl (C=O) groups excluding carboxylic acids is 5. The molecule has 4 atom stereocenters. The van der Waals surface area contributed by atoms with Crippen molar-refractivity contribution in [2.75, 3.05) is 26.2 Å². The van der Waals surface area contributed by atoms with Crippen molar-refractivity contribution in [3.05, 3.63) is 60.2 Å². The Hall–Kier alpha value is -6.15. The molecule has 0 bridgehead atoms. The minimum absolute atomic E-state index is 0. The van der Waals surface area contributed by atoms with Crippen molar-refractivity contribution in [3.8, 4) is 0 Å². The number of azo groups is 1. The summed E-state index contributed by atoms with van der Waals surface area (Å²) in [5.41, 5.74) is 12.7. The monoisotopic (exact) mass is 812 g/mol. The Morgan fingerprint density at radius 2 is 1.40 bits per heavy atom. The summed E-state index contributed by atoms with van der Waals surface area (Å²) >= 11 is 0. The van der Waals surface area contributed by atoms with E-state index in [0.29, 0.717) is 44.3 Å². The minimum atomic E-state index is -1.23. The van der Waals surface area contributed by atoms with Crippen molar-refractivity contribution >= 4 is 53.0 Å². The van der Waals surface area contributed by atoms with E-state index in [0.717, 1.165) is 11.3 Å². The molecule has 0 aromatic heterocycles. The van der Waals surface area contributed by atoms with E-state index in [1.165, 1.54) is 9.80 Å². The standard InChI is InChI=1S/C38H52N10O8.2H2O/c1-24(2)21-29(33(50)42-22-32(49)47-19-7-12-30(47)34(51)43-28(36(53)54)11-6-18-41-37(39)40)44-35(52)31-13-8-20-48(31)38(55)56-23-25-14-16-27(17-15-25)46-45-26-9-4-3-5-10-26;;/h3-5,9-10,14-17,24,28-31H,6-8,11-13,18-23H2,1-2H3,(H,42,50)(H,43,51)(H,44,52)(H,53,54)(H4,39,40,41);2*1H2/t28-,29+,30+,31+;;/m1../s1. The number of carboxylic acid groups (broad SMARTS) is 1. The first-order chi connectivity index (χ1) is 26.8. The van der Waals surface area contributed by atoms with Gasteiger partial charge in [0, 0.05) is 19.6 Å². The van der Waals surface area contributed by atoms with Crippen molar-refractivity contribution in [2.24, 2.45) is 32.6 Å². The Balaban J connectivity index is 0.00000580. The summed E-state index contributed by atoms with van der Waals surface area (Å²) in [5.74, 6) is -3.60. The first-order valence-corrected chi connectivity index (χ1v) is 18.8. The van der Waals surface area contributed by atoms with Crippen LogP contribution in [0.2, 0.25) is 0 Å². The first kappa shape index (κ1) is 48.0. The zero-order valence-electron chi connectivity index (χ0n) is 32.8. The third-order valence-electron chi connectivity index (χ3n) is 9.32. The van der Waals surface area contributed by atoms with Crippen LogP contribution in [0.15, 0.2) is 69.8 Å². The van der Waals surface area contributed by atoms with Crippen LogP contribution >= 0.6 is 0 Å². The van der Waals surface area contributed by atoms with Crippen molar-refractivity contribution in [1.29, 1.82) is 0 Å². The fourth-order valence-electron chi connectivity index (χ4n) is 6.48. The summed E-state index contributed by atoms with van der Waals surface area (Å²) in [4.78, 5) is 84.6. The summed E-state index contributed by atoms with van der Waals surface area (Å²) in [6.45, 7) is 4.06. The maximum atomic E-state index is 13.5. The molecular weight excluding hydrogens is 756 g/mol. The second-order valence-corrected chi connectivity index (χ2v) is 14.1. The molecule has 12 N–H and O–H groups in total. The van der Waals surface area contributed by atoms with Crippen LogP contribution in [0.4, 0.5) is 16.2 Å². The van der Waals surface area contributed by atoms with Crippen molar-refractivity contribution in [1.82, 2.24) is 25.8 Å². The van der Waals surface area contributed by atoms with Crippen LogP contribution in [0.5, 0.6) is 0 Å². The highest BCUT2D eigenvalue weighted by atomic mass is 16.6. The number of hydrogen-bond donors (Lipinski definition) is 6. The van der Waals surface area contributed by atoms with E-state index in [1.807, 2.05) is 44.2 Å². The number of guanidine groups is 1. The summed E-state index contributed by atoms with van der Waals surface area (Å²) in [5, 5.41) is 25.9. The largest absolute Gasteiger partial charge is 0.480 e. The highest BCUT2D eigenvalue weighted by Gasteiger charge is 2.38. The molecule has 318 valence electrons. The van der Waals surface area contributed by atoms with Crippen molar-refractivity contribution < 1.29 is 49.6 Å². The summed E-state index contributed by atoms with van der Waals surface area (Å²) in [6, 6.07) is 12.4. The quantitative estimate of drug-likeness (QED) is 0.0533. The molecular formula is C38H56N10O10. The lowest BCUT2D eigenvalue weighted by molar-refractivity contribution is -0.144. The van der Waals surface area contributed by atoms with E-state index < -0.39 is 66.4 Å². The summed E-state index contributed by atoms with van der Waals surface area (Å²) in [7, 11) is 0. The molecule has 2 aliphatic heterocycles. The number of amides is 5. The molecule has 20 heteroatoms. The first-order valence-electron chi connectivity index (χ1n) is 18.8. The van der Waals surface area contributed by atoms with E-state index >= 15 is 0 Å². The number of hydrogen-bond acceptors (Lipinski definition) is 10. The Bertz CT molecular complexity index is 1740. The van der Waals surface area contributed by atoms with E-state index in [2.05, 4.69) is 31.2 Å². The fraction of sp³-hybridized carbons (Fsp3) is 0.500. The average Bonchev–Trinajstić information content (AvgIpc) is 3.88. The number of ether oxygens (including phenoxy) is 1. The predicted octanol–water partition coefficient (Wildman–Crippen LogP) is 0.815. The van der Waals surface area contributed by atoms with Gasteiger partial charge in [-0.1, -0.05) is 44.2 Å². The number of nitrogens with two attached hydrogens (primary N) is 2. The lowest BCUT2D eigenvalue weighted by Crippen LogP contribution is -2.55. The van der Waals surface area contributed by atoms with Crippen LogP contribution in [-0.2, 0) is 35.3 Å². The number of benzene rings is 2. The van der Waals surface area contributed by atoms with Crippen LogP contribution in [0, 0.1) is 5.92 Å². The van der Waals surface area contributed by atoms with Gasteiger partial charge in [0.05, 0.1) is 17.9 Å². The predicted molar refractivity (Wildman–Crippen MR) is 213 cm³/mol. The number of rotatable bonds is 18. The van der Waals surface area contributed by atoms with Crippen LogP contribution in [0.3, 0.4) is 0 Å². The van der Waals surface area contributed by atoms with Gasteiger partial charge in [0.25, 0.3) is 0 Å². The smallest absolute Gasteiger partial charge is 0.410 e. The third-order valence-corrected chi connectivity index (χ3v) is 9.32. The number of likely N-dealkylation sites (tertiary alicyclic amines) is 2. The molecule has 0 saturated carbocycles. The SMILES string of the molecule is CC(C)C[C@H](NC(=O)[C@@H]1CCCN1C(=O)OCc1ccc(N=Nc2ccccc2)cc1)C(=O)NCC(=O)N1CCC[C@H]1C(=O)N[C@H](CCCN=C(N)N)C(=O)O.O.O. The lowest BCUT2D eigenvalue weighted by Gasteiger charge is -2.27. The average molecular weight is 813 g/mol. The number of nitrogens with one attached hydrogen (secondary N) is 3. The number of aliphatic imine (C=N–C) groups is 1. The molecule has 2 aliphatic rings. The van der Waals surface area contributed by atoms with Gasteiger partial charge < -0.3 is 53.1 Å². The van der Waals surface area contributed by atoms with E-state index in [1.54, 1.807) is 24.3 Å². The van der Waals surface area contributed by atoms with Crippen LogP contribution < -0.4 is 27.4 Å². The molecule has 5 amide bonds.